The Kier molecular flexibility index (Phi) is 5.95. The third-order valence-corrected chi connectivity index (χ3v) is 5.84. The van der Waals surface area contributed by atoms with E-state index in [9.17, 15) is 4.79 Å². The third-order valence-electron chi connectivity index (χ3n) is 5.13. The lowest BCUT2D eigenvalue weighted by molar-refractivity contribution is 0.0976. The highest BCUT2D eigenvalue weighted by molar-refractivity contribution is 14.1. The van der Waals surface area contributed by atoms with Crippen LogP contribution in [0.25, 0.3) is 10.8 Å². The standard InChI is InChI=1S/C26H22INO/c1-18-6-8-20(9-7-18)25(28-24-14-12-23(27)13-15-24)17-26(29)22-11-10-19-4-2-3-5-21(19)16-22/h2-16,25,28H,17H2,1H3. The van der Waals surface area contributed by atoms with Gasteiger partial charge in [-0.3, -0.25) is 4.79 Å². The quantitative estimate of drug-likeness (QED) is 0.229. The van der Waals surface area contributed by atoms with Crippen molar-refractivity contribution in [2.75, 3.05) is 5.32 Å². The summed E-state index contributed by atoms with van der Waals surface area (Å²) in [7, 11) is 0. The van der Waals surface area contributed by atoms with E-state index in [1.165, 1.54) is 9.13 Å². The maximum absolute atomic E-state index is 13.1. The first kappa shape index (κ1) is 19.6. The summed E-state index contributed by atoms with van der Waals surface area (Å²) in [5.41, 5.74) is 4.10. The van der Waals surface area contributed by atoms with Crippen LogP contribution in [0.4, 0.5) is 5.69 Å². The van der Waals surface area contributed by atoms with E-state index in [0.717, 1.165) is 27.6 Å². The van der Waals surface area contributed by atoms with Crippen molar-refractivity contribution in [1.82, 2.24) is 0 Å². The predicted octanol–water partition coefficient (Wildman–Crippen LogP) is 7.18. The summed E-state index contributed by atoms with van der Waals surface area (Å²) >= 11 is 2.30. The molecule has 0 aliphatic carbocycles. The highest BCUT2D eigenvalue weighted by Gasteiger charge is 2.18. The first-order valence-corrected chi connectivity index (χ1v) is 10.8. The van der Waals surface area contributed by atoms with Crippen molar-refractivity contribution >= 4 is 44.8 Å². The first-order valence-electron chi connectivity index (χ1n) is 9.69. The molecule has 4 aromatic rings. The molecule has 0 radical (unpaired) electrons. The second-order valence-electron chi connectivity index (χ2n) is 7.30. The average Bonchev–Trinajstić information content (AvgIpc) is 2.75. The van der Waals surface area contributed by atoms with Gasteiger partial charge >= 0.3 is 0 Å². The van der Waals surface area contributed by atoms with Crippen molar-refractivity contribution in [3.05, 3.63) is 111 Å². The molecule has 0 spiro atoms. The molecule has 144 valence electrons. The van der Waals surface area contributed by atoms with Crippen molar-refractivity contribution in [3.8, 4) is 0 Å². The Labute approximate surface area is 185 Å². The van der Waals surface area contributed by atoms with E-state index < -0.39 is 0 Å². The van der Waals surface area contributed by atoms with Gasteiger partial charge in [0.1, 0.15) is 0 Å². The van der Waals surface area contributed by atoms with Crippen molar-refractivity contribution in [2.24, 2.45) is 0 Å². The normalized spacial score (nSPS) is 11.9. The summed E-state index contributed by atoms with van der Waals surface area (Å²) in [5.74, 6) is 0.138. The molecule has 1 N–H and O–H groups in total. The fourth-order valence-corrected chi connectivity index (χ4v) is 3.82. The predicted molar refractivity (Wildman–Crippen MR) is 130 cm³/mol. The van der Waals surface area contributed by atoms with E-state index >= 15 is 0 Å². The lowest BCUT2D eigenvalue weighted by Gasteiger charge is -2.20. The van der Waals surface area contributed by atoms with Crippen LogP contribution in [-0.2, 0) is 0 Å². The number of ketones is 1. The van der Waals surface area contributed by atoms with Crippen molar-refractivity contribution in [2.45, 2.75) is 19.4 Å². The maximum Gasteiger partial charge on any atom is 0.165 e. The zero-order chi connectivity index (χ0) is 20.2. The van der Waals surface area contributed by atoms with Crippen molar-refractivity contribution < 1.29 is 4.79 Å². The molecule has 1 atom stereocenters. The molecule has 0 heterocycles. The maximum atomic E-state index is 13.1. The van der Waals surface area contributed by atoms with Crippen molar-refractivity contribution in [3.63, 3.8) is 0 Å². The Morgan fingerprint density at radius 1 is 0.862 bits per heavy atom. The lowest BCUT2D eigenvalue weighted by Crippen LogP contribution is -2.16. The number of carbonyl (C=O) groups excluding carboxylic acids is 1. The minimum atomic E-state index is -0.0883. The summed E-state index contributed by atoms with van der Waals surface area (Å²) in [4.78, 5) is 13.1. The number of nitrogens with one attached hydrogen (secondary N) is 1. The average molecular weight is 491 g/mol. The van der Waals surface area contributed by atoms with E-state index in [2.05, 4.69) is 89.4 Å². The number of aryl methyl sites for hydroxylation is 1. The zero-order valence-corrected chi connectivity index (χ0v) is 18.4. The summed E-state index contributed by atoms with van der Waals surface area (Å²) in [6, 6.07) is 30.7. The van der Waals surface area contributed by atoms with Crippen LogP contribution in [0.5, 0.6) is 0 Å². The van der Waals surface area contributed by atoms with Crippen LogP contribution in [0.3, 0.4) is 0 Å². The smallest absolute Gasteiger partial charge is 0.165 e. The highest BCUT2D eigenvalue weighted by Crippen LogP contribution is 2.26. The van der Waals surface area contributed by atoms with Crippen LogP contribution in [0.1, 0.15) is 33.9 Å². The number of benzene rings is 4. The number of Topliss-reactive ketones (excluding diaryl/α,β-unsaturated/α-hetero) is 1. The second kappa shape index (κ2) is 8.78. The van der Waals surface area contributed by atoms with E-state index in [4.69, 9.17) is 0 Å². The molecule has 0 fully saturated rings. The monoisotopic (exact) mass is 491 g/mol. The number of hydrogen-bond donors (Lipinski definition) is 1. The van der Waals surface area contributed by atoms with Gasteiger partial charge in [0.15, 0.2) is 5.78 Å². The SMILES string of the molecule is Cc1ccc(C(CC(=O)c2ccc3ccccc3c2)Nc2ccc(I)cc2)cc1. The minimum Gasteiger partial charge on any atom is -0.378 e. The molecule has 0 aromatic heterocycles. The number of carbonyl (C=O) groups is 1. The molecule has 4 aromatic carbocycles. The van der Waals surface area contributed by atoms with E-state index in [1.54, 1.807) is 0 Å². The Morgan fingerprint density at radius 3 is 2.28 bits per heavy atom. The summed E-state index contributed by atoms with van der Waals surface area (Å²) < 4.78 is 1.19. The number of fused-ring (bicyclic) bond motifs is 1. The van der Waals surface area contributed by atoms with Gasteiger partial charge in [-0.15, -0.1) is 0 Å². The summed E-state index contributed by atoms with van der Waals surface area (Å²) in [6.45, 7) is 2.07. The van der Waals surface area contributed by atoms with Gasteiger partial charge in [0.25, 0.3) is 0 Å². The number of halogens is 1. The van der Waals surface area contributed by atoms with Gasteiger partial charge in [-0.05, 0) is 76.2 Å². The number of anilines is 1. The fourth-order valence-electron chi connectivity index (χ4n) is 3.46. The van der Waals surface area contributed by atoms with Crippen LogP contribution in [0.15, 0.2) is 91.0 Å². The zero-order valence-electron chi connectivity index (χ0n) is 16.2. The Bertz CT molecular complexity index is 1130. The topological polar surface area (TPSA) is 29.1 Å². The summed E-state index contributed by atoms with van der Waals surface area (Å²) in [5, 5.41) is 5.80. The van der Waals surface area contributed by atoms with E-state index in [-0.39, 0.29) is 11.8 Å². The van der Waals surface area contributed by atoms with Gasteiger partial charge in [0.2, 0.25) is 0 Å². The second-order valence-corrected chi connectivity index (χ2v) is 8.55. The molecule has 0 saturated heterocycles. The highest BCUT2D eigenvalue weighted by atomic mass is 127. The molecule has 2 nitrogen and oxygen atoms in total. The minimum absolute atomic E-state index is 0.0883. The van der Waals surface area contributed by atoms with E-state index in [0.29, 0.717) is 6.42 Å². The molecule has 0 amide bonds. The number of rotatable bonds is 6. The molecule has 0 saturated carbocycles. The van der Waals surface area contributed by atoms with E-state index in [1.807, 2.05) is 36.4 Å². The molecule has 3 heteroatoms. The summed E-state index contributed by atoms with van der Waals surface area (Å²) in [6.07, 6.45) is 0.396. The van der Waals surface area contributed by atoms with Crippen molar-refractivity contribution in [1.29, 1.82) is 0 Å². The van der Waals surface area contributed by atoms with Gasteiger partial charge < -0.3 is 5.32 Å². The van der Waals surface area contributed by atoms with Crippen LogP contribution in [0.2, 0.25) is 0 Å². The van der Waals surface area contributed by atoms with Gasteiger partial charge in [-0.25, -0.2) is 0 Å². The third kappa shape index (κ3) is 4.85. The molecular formula is C26H22INO. The molecule has 1 unspecified atom stereocenters. The molecular weight excluding hydrogens is 469 g/mol. The Hall–Kier alpha value is -2.66. The van der Waals surface area contributed by atoms with Gasteiger partial charge in [0.05, 0.1) is 6.04 Å². The number of hydrogen-bond acceptors (Lipinski definition) is 2. The van der Waals surface area contributed by atoms with Crippen LogP contribution < -0.4 is 5.32 Å². The van der Waals surface area contributed by atoms with Crippen LogP contribution >= 0.6 is 22.6 Å². The lowest BCUT2D eigenvalue weighted by atomic mass is 9.95. The molecule has 0 bridgehead atoms. The fraction of sp³-hybridized carbons (Fsp3) is 0.115. The Morgan fingerprint density at radius 2 is 1.55 bits per heavy atom. The van der Waals surface area contributed by atoms with Crippen LogP contribution in [0, 0.1) is 10.5 Å². The van der Waals surface area contributed by atoms with Crippen LogP contribution in [-0.4, -0.2) is 5.78 Å². The molecule has 29 heavy (non-hydrogen) atoms. The van der Waals surface area contributed by atoms with Gasteiger partial charge in [-0.2, -0.15) is 0 Å². The molecule has 0 aliphatic heterocycles. The molecule has 4 rings (SSSR count). The molecule has 0 aliphatic rings. The van der Waals surface area contributed by atoms with Gasteiger partial charge in [-0.1, -0.05) is 66.2 Å². The van der Waals surface area contributed by atoms with Gasteiger partial charge in [0, 0.05) is 21.2 Å². The largest absolute Gasteiger partial charge is 0.378 e. The first-order chi connectivity index (χ1) is 14.1. The Balaban J connectivity index is 1.61.